The summed E-state index contributed by atoms with van der Waals surface area (Å²) in [6.45, 7) is 0.590. The lowest BCUT2D eigenvalue weighted by atomic mass is 9.82. The smallest absolute Gasteiger partial charge is 0.306 e. The molecule has 114 valence electrons. The standard InChI is InChI=1S/C15H19BrN2O3/c16-12-7-11(5-6-13(12)17)14(19)18-8-9-1-3-10(4-2-9)15(20)21/h5-7,9-10H,1-4,8,17H2,(H,18,19)(H,20,21). The molecule has 0 heterocycles. The molecule has 1 amide bonds. The number of halogens is 1. The number of carboxylic acid groups (broad SMARTS) is 1. The van der Waals surface area contributed by atoms with Gasteiger partial charge in [0.2, 0.25) is 0 Å². The van der Waals surface area contributed by atoms with Crippen molar-refractivity contribution in [3.63, 3.8) is 0 Å². The molecule has 0 aliphatic heterocycles. The van der Waals surface area contributed by atoms with E-state index in [1.807, 2.05) is 0 Å². The second-order valence-corrected chi connectivity index (χ2v) is 6.36. The van der Waals surface area contributed by atoms with E-state index in [4.69, 9.17) is 10.8 Å². The Labute approximate surface area is 132 Å². The summed E-state index contributed by atoms with van der Waals surface area (Å²) in [4.78, 5) is 22.9. The third kappa shape index (κ3) is 4.20. The molecule has 1 aliphatic rings. The van der Waals surface area contributed by atoms with E-state index in [-0.39, 0.29) is 11.8 Å². The molecule has 1 saturated carbocycles. The maximum atomic E-state index is 12.1. The van der Waals surface area contributed by atoms with E-state index >= 15 is 0 Å². The highest BCUT2D eigenvalue weighted by molar-refractivity contribution is 9.10. The fraction of sp³-hybridized carbons (Fsp3) is 0.467. The second kappa shape index (κ2) is 6.93. The minimum absolute atomic E-state index is 0.129. The average molecular weight is 355 g/mol. The molecule has 0 bridgehead atoms. The van der Waals surface area contributed by atoms with Crippen LogP contribution in [0.5, 0.6) is 0 Å². The Kier molecular flexibility index (Phi) is 5.22. The topological polar surface area (TPSA) is 92.4 Å². The van der Waals surface area contributed by atoms with Gasteiger partial charge in [-0.3, -0.25) is 9.59 Å². The highest BCUT2D eigenvalue weighted by atomic mass is 79.9. The van der Waals surface area contributed by atoms with Crippen molar-refractivity contribution in [2.45, 2.75) is 25.7 Å². The molecule has 0 aromatic heterocycles. The second-order valence-electron chi connectivity index (χ2n) is 5.50. The van der Waals surface area contributed by atoms with Crippen LogP contribution >= 0.6 is 15.9 Å². The predicted octanol–water partition coefficient (Wildman–Crippen LogP) is 2.65. The van der Waals surface area contributed by atoms with Gasteiger partial charge in [-0.25, -0.2) is 0 Å². The average Bonchev–Trinajstić information content (AvgIpc) is 2.48. The van der Waals surface area contributed by atoms with E-state index in [0.29, 0.717) is 41.0 Å². The van der Waals surface area contributed by atoms with Crippen molar-refractivity contribution in [3.8, 4) is 0 Å². The molecule has 1 fully saturated rings. The normalized spacial score (nSPS) is 21.8. The number of hydrogen-bond donors (Lipinski definition) is 3. The van der Waals surface area contributed by atoms with Gasteiger partial charge in [0.25, 0.3) is 5.91 Å². The maximum Gasteiger partial charge on any atom is 0.306 e. The molecule has 1 aliphatic carbocycles. The molecule has 1 aromatic rings. The number of hydrogen-bond acceptors (Lipinski definition) is 3. The van der Waals surface area contributed by atoms with Crippen LogP contribution in [0.2, 0.25) is 0 Å². The molecule has 5 nitrogen and oxygen atoms in total. The number of carbonyl (C=O) groups is 2. The summed E-state index contributed by atoms with van der Waals surface area (Å²) in [6, 6.07) is 5.08. The van der Waals surface area contributed by atoms with Crippen LogP contribution in [-0.2, 0) is 4.79 Å². The summed E-state index contributed by atoms with van der Waals surface area (Å²) in [5.41, 5.74) is 6.85. The van der Waals surface area contributed by atoms with Crippen LogP contribution in [0.1, 0.15) is 36.0 Å². The van der Waals surface area contributed by atoms with Crippen molar-refractivity contribution in [3.05, 3.63) is 28.2 Å². The Morgan fingerprint density at radius 1 is 1.29 bits per heavy atom. The van der Waals surface area contributed by atoms with Gasteiger partial charge in [-0.2, -0.15) is 0 Å². The van der Waals surface area contributed by atoms with Crippen LogP contribution in [0.15, 0.2) is 22.7 Å². The van der Waals surface area contributed by atoms with E-state index < -0.39 is 5.97 Å². The van der Waals surface area contributed by atoms with Gasteiger partial charge in [0.1, 0.15) is 0 Å². The minimum atomic E-state index is -0.704. The van der Waals surface area contributed by atoms with Crippen LogP contribution in [0.4, 0.5) is 5.69 Å². The van der Waals surface area contributed by atoms with Crippen LogP contribution in [-0.4, -0.2) is 23.5 Å². The molecular weight excluding hydrogens is 336 g/mol. The summed E-state index contributed by atoms with van der Waals surface area (Å²) in [7, 11) is 0. The number of carbonyl (C=O) groups excluding carboxylic acids is 1. The largest absolute Gasteiger partial charge is 0.481 e. The van der Waals surface area contributed by atoms with Crippen molar-refractivity contribution in [2.24, 2.45) is 11.8 Å². The van der Waals surface area contributed by atoms with Crippen LogP contribution in [0, 0.1) is 11.8 Å². The zero-order chi connectivity index (χ0) is 15.4. The van der Waals surface area contributed by atoms with Crippen LogP contribution in [0.25, 0.3) is 0 Å². The quantitative estimate of drug-likeness (QED) is 0.724. The number of aliphatic carboxylic acids is 1. The lowest BCUT2D eigenvalue weighted by Crippen LogP contribution is -2.32. The van der Waals surface area contributed by atoms with Gasteiger partial charge in [-0.1, -0.05) is 0 Å². The molecule has 2 rings (SSSR count). The summed E-state index contributed by atoms with van der Waals surface area (Å²) in [6.07, 6.45) is 3.10. The van der Waals surface area contributed by atoms with E-state index in [0.717, 1.165) is 12.8 Å². The monoisotopic (exact) mass is 354 g/mol. The summed E-state index contributed by atoms with van der Waals surface area (Å²) in [5.74, 6) is -0.688. The van der Waals surface area contributed by atoms with E-state index in [2.05, 4.69) is 21.2 Å². The fourth-order valence-corrected chi connectivity index (χ4v) is 3.00. The molecule has 4 N–H and O–H groups in total. The summed E-state index contributed by atoms with van der Waals surface area (Å²) >= 11 is 3.30. The number of rotatable bonds is 4. The molecule has 0 unspecified atom stereocenters. The van der Waals surface area contributed by atoms with Crippen LogP contribution in [0.3, 0.4) is 0 Å². The Morgan fingerprint density at radius 3 is 2.52 bits per heavy atom. The van der Waals surface area contributed by atoms with Crippen molar-refractivity contribution < 1.29 is 14.7 Å². The van der Waals surface area contributed by atoms with Crippen molar-refractivity contribution >= 4 is 33.5 Å². The summed E-state index contributed by atoms with van der Waals surface area (Å²) in [5, 5.41) is 11.9. The molecule has 0 saturated heterocycles. The van der Waals surface area contributed by atoms with Gasteiger partial charge < -0.3 is 16.2 Å². The van der Waals surface area contributed by atoms with Crippen molar-refractivity contribution in [2.75, 3.05) is 12.3 Å². The zero-order valence-electron chi connectivity index (χ0n) is 11.6. The molecule has 6 heteroatoms. The highest BCUT2D eigenvalue weighted by Gasteiger charge is 2.26. The number of nitrogen functional groups attached to an aromatic ring is 1. The number of nitrogens with two attached hydrogens (primary N) is 1. The lowest BCUT2D eigenvalue weighted by Gasteiger charge is -2.26. The van der Waals surface area contributed by atoms with Gasteiger partial charge in [0, 0.05) is 22.3 Å². The molecule has 0 radical (unpaired) electrons. The number of amides is 1. The first kappa shape index (κ1) is 15.8. The van der Waals surface area contributed by atoms with Crippen molar-refractivity contribution in [1.82, 2.24) is 5.32 Å². The Balaban J connectivity index is 1.82. The van der Waals surface area contributed by atoms with Gasteiger partial charge in [0.15, 0.2) is 0 Å². The maximum absolute atomic E-state index is 12.1. The van der Waals surface area contributed by atoms with E-state index in [9.17, 15) is 9.59 Å². The Bertz CT molecular complexity index is 540. The van der Waals surface area contributed by atoms with Crippen molar-refractivity contribution in [1.29, 1.82) is 0 Å². The molecule has 0 atom stereocenters. The van der Waals surface area contributed by atoms with Crippen LogP contribution < -0.4 is 11.1 Å². The number of anilines is 1. The first-order valence-electron chi connectivity index (χ1n) is 7.03. The van der Waals surface area contributed by atoms with E-state index in [1.54, 1.807) is 18.2 Å². The molecular formula is C15H19BrN2O3. The SMILES string of the molecule is Nc1ccc(C(=O)NCC2CCC(C(=O)O)CC2)cc1Br. The highest BCUT2D eigenvalue weighted by Crippen LogP contribution is 2.28. The minimum Gasteiger partial charge on any atom is -0.481 e. The Hall–Kier alpha value is -1.56. The molecule has 1 aromatic carbocycles. The van der Waals surface area contributed by atoms with Gasteiger partial charge in [0.05, 0.1) is 5.92 Å². The number of benzene rings is 1. The first-order chi connectivity index (χ1) is 9.97. The van der Waals surface area contributed by atoms with Gasteiger partial charge >= 0.3 is 5.97 Å². The fourth-order valence-electron chi connectivity index (χ4n) is 2.62. The molecule has 21 heavy (non-hydrogen) atoms. The third-order valence-electron chi connectivity index (χ3n) is 4.01. The first-order valence-corrected chi connectivity index (χ1v) is 7.82. The number of nitrogens with one attached hydrogen (secondary N) is 1. The Morgan fingerprint density at radius 2 is 1.95 bits per heavy atom. The van der Waals surface area contributed by atoms with Gasteiger partial charge in [-0.15, -0.1) is 0 Å². The predicted molar refractivity (Wildman–Crippen MR) is 84.0 cm³/mol. The molecule has 0 spiro atoms. The zero-order valence-corrected chi connectivity index (χ0v) is 13.2. The number of carboxylic acids is 1. The van der Waals surface area contributed by atoms with Gasteiger partial charge in [-0.05, 0) is 65.7 Å². The third-order valence-corrected chi connectivity index (χ3v) is 4.70. The summed E-state index contributed by atoms with van der Waals surface area (Å²) < 4.78 is 0.706. The van der Waals surface area contributed by atoms with E-state index in [1.165, 1.54) is 0 Å². The lowest BCUT2D eigenvalue weighted by molar-refractivity contribution is -0.143.